The topological polar surface area (TPSA) is 88.2 Å². The summed E-state index contributed by atoms with van der Waals surface area (Å²) in [5, 5.41) is 0.536. The van der Waals surface area contributed by atoms with Crippen molar-refractivity contribution in [1.29, 1.82) is 0 Å². The van der Waals surface area contributed by atoms with Crippen molar-refractivity contribution in [1.82, 2.24) is 10.4 Å². The van der Waals surface area contributed by atoms with Gasteiger partial charge in [0.25, 0.3) is 5.91 Å². The monoisotopic (exact) mass is 375 g/mol. The predicted molar refractivity (Wildman–Crippen MR) is 99.7 cm³/mol. The zero-order chi connectivity index (χ0) is 18.2. The molecule has 0 radical (unpaired) electrons. The number of carbonyl (C=O) groups excluding carboxylic acids is 1. The molecule has 0 bridgehead atoms. The first-order chi connectivity index (χ1) is 11.8. The van der Waals surface area contributed by atoms with Crippen molar-refractivity contribution < 1.29 is 13.2 Å². The van der Waals surface area contributed by atoms with Gasteiger partial charge in [0.15, 0.2) is 9.84 Å². The van der Waals surface area contributed by atoms with E-state index in [1.165, 1.54) is 23.5 Å². The molecule has 1 aromatic heterocycles. The van der Waals surface area contributed by atoms with Crippen LogP contribution in [0.1, 0.15) is 21.5 Å². The van der Waals surface area contributed by atoms with Crippen molar-refractivity contribution in [2.75, 3.05) is 11.7 Å². The van der Waals surface area contributed by atoms with Crippen LogP contribution in [0.5, 0.6) is 0 Å². The standard InChI is InChI=1S/C17H17N3O3S2/c1-10-8-11(2)15-13(9-10)18-17(24-15)20-19-16(21)12-6-4-5-7-14(12)25(3,22)23/h4-9H,1-3H3,(H,18,20)(H,19,21). The number of hydrogen-bond donors (Lipinski definition) is 2. The molecule has 130 valence electrons. The average Bonchev–Trinajstić information content (AvgIpc) is 2.95. The van der Waals surface area contributed by atoms with Gasteiger partial charge in [-0.2, -0.15) is 0 Å². The Labute approximate surface area is 149 Å². The van der Waals surface area contributed by atoms with E-state index in [-0.39, 0.29) is 10.5 Å². The molecule has 0 aliphatic rings. The van der Waals surface area contributed by atoms with Gasteiger partial charge in [0.05, 0.1) is 20.7 Å². The number of anilines is 1. The van der Waals surface area contributed by atoms with Gasteiger partial charge >= 0.3 is 0 Å². The molecule has 8 heteroatoms. The summed E-state index contributed by atoms with van der Waals surface area (Å²) in [5.74, 6) is -0.534. The maximum Gasteiger partial charge on any atom is 0.270 e. The van der Waals surface area contributed by atoms with Gasteiger partial charge in [0, 0.05) is 6.26 Å². The number of nitrogens with one attached hydrogen (secondary N) is 2. The third-order valence-corrected chi connectivity index (χ3v) is 5.91. The SMILES string of the molecule is Cc1cc(C)c2sc(NNC(=O)c3ccccc3S(C)(=O)=O)nc2c1. The zero-order valence-corrected chi connectivity index (χ0v) is 15.6. The van der Waals surface area contributed by atoms with Crippen LogP contribution in [0, 0.1) is 13.8 Å². The summed E-state index contributed by atoms with van der Waals surface area (Å²) in [7, 11) is -3.49. The second-order valence-corrected chi connectivity index (χ2v) is 8.78. The van der Waals surface area contributed by atoms with E-state index in [4.69, 9.17) is 0 Å². The number of nitrogens with zero attached hydrogens (tertiary/aromatic N) is 1. The van der Waals surface area contributed by atoms with Gasteiger partial charge < -0.3 is 0 Å². The van der Waals surface area contributed by atoms with Crippen molar-refractivity contribution in [3.63, 3.8) is 0 Å². The Kier molecular flexibility index (Phi) is 4.49. The number of thiazole rings is 1. The van der Waals surface area contributed by atoms with Crippen LogP contribution in [-0.4, -0.2) is 25.6 Å². The highest BCUT2D eigenvalue weighted by atomic mass is 32.2. The zero-order valence-electron chi connectivity index (χ0n) is 14.0. The van der Waals surface area contributed by atoms with E-state index in [1.807, 2.05) is 19.9 Å². The molecule has 1 amide bonds. The van der Waals surface area contributed by atoms with E-state index in [2.05, 4.69) is 21.9 Å². The third kappa shape index (κ3) is 3.64. The molecule has 0 spiro atoms. The largest absolute Gasteiger partial charge is 0.273 e. The first-order valence-electron chi connectivity index (χ1n) is 7.49. The van der Waals surface area contributed by atoms with Crippen LogP contribution >= 0.6 is 11.3 Å². The quantitative estimate of drug-likeness (QED) is 0.684. The summed E-state index contributed by atoms with van der Waals surface area (Å²) in [6.07, 6.45) is 1.07. The summed E-state index contributed by atoms with van der Waals surface area (Å²) in [4.78, 5) is 16.8. The molecule has 6 nitrogen and oxygen atoms in total. The van der Waals surface area contributed by atoms with Crippen molar-refractivity contribution >= 4 is 42.4 Å². The van der Waals surface area contributed by atoms with E-state index in [0.29, 0.717) is 5.13 Å². The highest BCUT2D eigenvalue weighted by Gasteiger charge is 2.18. The number of benzene rings is 2. The molecule has 1 heterocycles. The minimum atomic E-state index is -3.49. The minimum absolute atomic E-state index is 0.00920. The van der Waals surface area contributed by atoms with Gasteiger partial charge in [-0.25, -0.2) is 13.4 Å². The lowest BCUT2D eigenvalue weighted by molar-refractivity contribution is 0.0959. The Morgan fingerprint density at radius 3 is 2.60 bits per heavy atom. The van der Waals surface area contributed by atoms with Crippen LogP contribution in [0.4, 0.5) is 5.13 Å². The highest BCUT2D eigenvalue weighted by molar-refractivity contribution is 7.90. The predicted octanol–water partition coefficient (Wildman–Crippen LogP) is 3.07. The second kappa shape index (κ2) is 6.45. The molecule has 25 heavy (non-hydrogen) atoms. The Morgan fingerprint density at radius 2 is 1.88 bits per heavy atom. The third-order valence-electron chi connectivity index (χ3n) is 3.63. The van der Waals surface area contributed by atoms with E-state index in [1.54, 1.807) is 12.1 Å². The molecule has 3 rings (SSSR count). The first kappa shape index (κ1) is 17.4. The van der Waals surface area contributed by atoms with E-state index < -0.39 is 15.7 Å². The number of aryl methyl sites for hydroxylation is 2. The number of rotatable bonds is 4. The number of amides is 1. The Bertz CT molecular complexity index is 1070. The molecular formula is C17H17N3O3S2. The maximum absolute atomic E-state index is 12.4. The second-order valence-electron chi connectivity index (χ2n) is 5.80. The fourth-order valence-electron chi connectivity index (χ4n) is 2.59. The average molecular weight is 375 g/mol. The molecular weight excluding hydrogens is 358 g/mol. The van der Waals surface area contributed by atoms with Crippen molar-refractivity contribution in [2.45, 2.75) is 18.7 Å². The van der Waals surface area contributed by atoms with Crippen LogP contribution in [0.25, 0.3) is 10.2 Å². The summed E-state index contributed by atoms with van der Waals surface area (Å²) < 4.78 is 24.7. The van der Waals surface area contributed by atoms with Crippen LogP contribution < -0.4 is 10.9 Å². The Balaban J connectivity index is 1.83. The number of aromatic nitrogens is 1. The van der Waals surface area contributed by atoms with Crippen LogP contribution in [0.2, 0.25) is 0 Å². The number of fused-ring (bicyclic) bond motifs is 1. The molecule has 0 unspecified atom stereocenters. The van der Waals surface area contributed by atoms with Crippen molar-refractivity contribution in [3.05, 3.63) is 53.1 Å². The molecule has 0 saturated heterocycles. The molecule has 0 aliphatic carbocycles. The molecule has 0 aliphatic heterocycles. The summed E-state index contributed by atoms with van der Waals surface area (Å²) in [6.45, 7) is 4.01. The lowest BCUT2D eigenvalue weighted by atomic mass is 10.1. The van der Waals surface area contributed by atoms with E-state index >= 15 is 0 Å². The summed E-state index contributed by atoms with van der Waals surface area (Å²) >= 11 is 1.42. The Morgan fingerprint density at radius 1 is 1.16 bits per heavy atom. The van der Waals surface area contributed by atoms with Crippen LogP contribution in [-0.2, 0) is 9.84 Å². The van der Waals surface area contributed by atoms with Crippen molar-refractivity contribution in [3.8, 4) is 0 Å². The molecule has 2 N–H and O–H groups in total. The van der Waals surface area contributed by atoms with Crippen LogP contribution in [0.3, 0.4) is 0 Å². The fourth-order valence-corrected chi connectivity index (χ4v) is 4.34. The maximum atomic E-state index is 12.4. The number of sulfone groups is 1. The van der Waals surface area contributed by atoms with E-state index in [0.717, 1.165) is 27.6 Å². The molecule has 0 atom stereocenters. The minimum Gasteiger partial charge on any atom is -0.273 e. The smallest absolute Gasteiger partial charge is 0.270 e. The number of hydrazine groups is 1. The summed E-state index contributed by atoms with van der Waals surface area (Å²) in [6, 6.07) is 10.1. The lowest BCUT2D eigenvalue weighted by Gasteiger charge is -2.09. The van der Waals surface area contributed by atoms with Gasteiger partial charge in [-0.3, -0.25) is 15.6 Å². The molecule has 0 fully saturated rings. The van der Waals surface area contributed by atoms with Gasteiger partial charge in [-0.05, 0) is 43.2 Å². The molecule has 2 aromatic carbocycles. The first-order valence-corrected chi connectivity index (χ1v) is 10.2. The molecule has 0 saturated carbocycles. The summed E-state index contributed by atoms with van der Waals surface area (Å²) in [5.41, 5.74) is 8.47. The fraction of sp³-hybridized carbons (Fsp3) is 0.176. The van der Waals surface area contributed by atoms with E-state index in [9.17, 15) is 13.2 Å². The highest BCUT2D eigenvalue weighted by Crippen LogP contribution is 2.29. The van der Waals surface area contributed by atoms with Gasteiger partial charge in [0.2, 0.25) is 5.13 Å². The van der Waals surface area contributed by atoms with Crippen LogP contribution in [0.15, 0.2) is 41.3 Å². The Hall–Kier alpha value is -2.45. The molecule has 3 aromatic rings. The van der Waals surface area contributed by atoms with Gasteiger partial charge in [-0.15, -0.1) is 0 Å². The normalized spacial score (nSPS) is 11.5. The van der Waals surface area contributed by atoms with Gasteiger partial charge in [-0.1, -0.05) is 29.5 Å². The van der Waals surface area contributed by atoms with Crippen molar-refractivity contribution in [2.24, 2.45) is 0 Å². The number of carbonyl (C=O) groups is 1. The lowest BCUT2D eigenvalue weighted by Crippen LogP contribution is -2.30. The number of hydrogen-bond acceptors (Lipinski definition) is 6. The van der Waals surface area contributed by atoms with Gasteiger partial charge in [0.1, 0.15) is 0 Å².